The van der Waals surface area contributed by atoms with E-state index in [2.05, 4.69) is 10.3 Å². The van der Waals surface area contributed by atoms with Crippen LogP contribution in [0.15, 0.2) is 12.1 Å². The van der Waals surface area contributed by atoms with Gasteiger partial charge in [-0.2, -0.15) is 13.2 Å². The first-order chi connectivity index (χ1) is 16.1. The van der Waals surface area contributed by atoms with Gasteiger partial charge in [0.25, 0.3) is 5.91 Å². The second kappa shape index (κ2) is 9.10. The number of nitrogens with one attached hydrogen (secondary N) is 1. The molecule has 1 amide bonds. The summed E-state index contributed by atoms with van der Waals surface area (Å²) in [6.45, 7) is 0. The van der Waals surface area contributed by atoms with E-state index in [1.807, 2.05) is 0 Å². The van der Waals surface area contributed by atoms with Crippen LogP contribution < -0.4 is 5.32 Å². The summed E-state index contributed by atoms with van der Waals surface area (Å²) in [4.78, 5) is 17.1. The molecule has 188 valence electrons. The molecule has 0 aromatic carbocycles. The van der Waals surface area contributed by atoms with Crippen molar-refractivity contribution in [1.82, 2.24) is 10.3 Å². The van der Waals surface area contributed by atoms with Gasteiger partial charge in [0.1, 0.15) is 5.69 Å². The highest BCUT2D eigenvalue weighted by Crippen LogP contribution is 2.43. The number of hydrogen-bond donors (Lipinski definition) is 1. The van der Waals surface area contributed by atoms with Crippen molar-refractivity contribution in [3.05, 3.63) is 29.1 Å². The third kappa shape index (κ3) is 5.77. The van der Waals surface area contributed by atoms with E-state index in [0.717, 1.165) is 63.9 Å². The van der Waals surface area contributed by atoms with Crippen molar-refractivity contribution in [2.75, 3.05) is 5.75 Å². The van der Waals surface area contributed by atoms with Gasteiger partial charge in [0.2, 0.25) is 0 Å². The van der Waals surface area contributed by atoms with Crippen molar-refractivity contribution in [2.45, 2.75) is 94.0 Å². The largest absolute Gasteiger partial charge is 0.433 e. The summed E-state index contributed by atoms with van der Waals surface area (Å²) < 4.78 is 64.9. The van der Waals surface area contributed by atoms with Crippen LogP contribution in [0, 0.1) is 17.8 Å². The van der Waals surface area contributed by atoms with E-state index in [1.54, 1.807) is 0 Å². The van der Waals surface area contributed by atoms with Crippen molar-refractivity contribution >= 4 is 15.7 Å². The molecule has 1 N–H and O–H groups in total. The fraction of sp³-hybridized carbons (Fsp3) is 0.760. The highest BCUT2D eigenvalue weighted by molar-refractivity contribution is 7.92. The van der Waals surface area contributed by atoms with Crippen LogP contribution in [0.1, 0.15) is 98.3 Å². The SMILES string of the molecule is O=C(NC(CC1CC1)C1CCC(S(=O)(=O)CC2CC2)CC1)c1ccc(C(F)(F)F)nc1C1CC1. The van der Waals surface area contributed by atoms with Crippen LogP contribution in [0.4, 0.5) is 13.2 Å². The van der Waals surface area contributed by atoms with Gasteiger partial charge >= 0.3 is 6.18 Å². The minimum absolute atomic E-state index is 0.0820. The quantitative estimate of drug-likeness (QED) is 0.504. The number of carbonyl (C=O) groups is 1. The van der Waals surface area contributed by atoms with Crippen LogP contribution in [-0.2, 0) is 16.0 Å². The molecular formula is C25H33F3N2O3S. The molecule has 5 rings (SSSR count). The molecule has 1 aromatic heterocycles. The highest BCUT2D eigenvalue weighted by atomic mass is 32.2. The van der Waals surface area contributed by atoms with Gasteiger partial charge in [-0.15, -0.1) is 0 Å². The number of carbonyl (C=O) groups excluding carboxylic acids is 1. The second-order valence-electron chi connectivity index (χ2n) is 11.0. The third-order valence-electron chi connectivity index (χ3n) is 7.99. The van der Waals surface area contributed by atoms with Gasteiger partial charge in [-0.25, -0.2) is 13.4 Å². The molecule has 4 aliphatic rings. The first-order valence-electron chi connectivity index (χ1n) is 12.7. The molecule has 0 spiro atoms. The summed E-state index contributed by atoms with van der Waals surface area (Å²) in [5.41, 5.74) is -0.449. The molecule has 0 aliphatic heterocycles. The Morgan fingerprint density at radius 1 is 0.971 bits per heavy atom. The van der Waals surface area contributed by atoms with Gasteiger partial charge in [0.05, 0.1) is 22.3 Å². The molecule has 0 bridgehead atoms. The number of alkyl halides is 3. The Kier molecular flexibility index (Phi) is 6.44. The van der Waals surface area contributed by atoms with Crippen LogP contribution >= 0.6 is 0 Å². The van der Waals surface area contributed by atoms with Gasteiger partial charge < -0.3 is 5.32 Å². The first kappa shape index (κ1) is 24.1. The summed E-state index contributed by atoms with van der Waals surface area (Å²) in [5.74, 6) is 0.992. The topological polar surface area (TPSA) is 76.1 Å². The number of sulfone groups is 1. The lowest BCUT2D eigenvalue weighted by molar-refractivity contribution is -0.141. The van der Waals surface area contributed by atoms with Crippen molar-refractivity contribution in [3.63, 3.8) is 0 Å². The lowest BCUT2D eigenvalue weighted by atomic mass is 9.81. The van der Waals surface area contributed by atoms with Crippen molar-refractivity contribution in [1.29, 1.82) is 0 Å². The van der Waals surface area contributed by atoms with Crippen LogP contribution in [0.2, 0.25) is 0 Å². The van der Waals surface area contributed by atoms with Crippen LogP contribution in [0.5, 0.6) is 0 Å². The lowest BCUT2D eigenvalue weighted by Gasteiger charge is -2.34. The van der Waals surface area contributed by atoms with Gasteiger partial charge in [0, 0.05) is 12.0 Å². The van der Waals surface area contributed by atoms with Crippen LogP contribution in [0.25, 0.3) is 0 Å². The summed E-state index contributed by atoms with van der Waals surface area (Å²) >= 11 is 0. The van der Waals surface area contributed by atoms with Crippen molar-refractivity contribution in [2.24, 2.45) is 17.8 Å². The van der Waals surface area contributed by atoms with Crippen molar-refractivity contribution < 1.29 is 26.4 Å². The second-order valence-corrected chi connectivity index (χ2v) is 13.3. The zero-order valence-corrected chi connectivity index (χ0v) is 20.1. The van der Waals surface area contributed by atoms with E-state index >= 15 is 0 Å². The van der Waals surface area contributed by atoms with Crippen LogP contribution in [-0.4, -0.2) is 36.4 Å². The molecule has 1 unspecified atom stereocenters. The molecule has 1 atom stereocenters. The number of pyridine rings is 1. The molecule has 34 heavy (non-hydrogen) atoms. The maximum Gasteiger partial charge on any atom is 0.433 e. The fourth-order valence-electron chi connectivity index (χ4n) is 5.42. The fourth-order valence-corrected chi connectivity index (χ4v) is 7.67. The lowest BCUT2D eigenvalue weighted by Crippen LogP contribution is -2.43. The summed E-state index contributed by atoms with van der Waals surface area (Å²) in [6.07, 6.45) is 4.89. The van der Waals surface area contributed by atoms with Gasteiger partial charge in [0.15, 0.2) is 9.84 Å². The number of aromatic nitrogens is 1. The molecule has 4 saturated carbocycles. The monoisotopic (exact) mass is 498 g/mol. The standard InChI is InChI=1S/C25H33F3N2O3S/c26-25(27,28)22-12-11-20(23(30-22)18-5-6-18)24(31)29-21(13-15-1-2-15)17-7-9-19(10-8-17)34(32,33)14-16-3-4-16/h11-12,15-19,21H,1-10,13-14H2,(H,29,31). The Labute approximate surface area is 199 Å². The van der Waals surface area contributed by atoms with E-state index in [9.17, 15) is 26.4 Å². The van der Waals surface area contributed by atoms with E-state index in [-0.39, 0.29) is 40.3 Å². The Morgan fingerprint density at radius 3 is 2.18 bits per heavy atom. The third-order valence-corrected chi connectivity index (χ3v) is 10.4. The molecule has 5 nitrogen and oxygen atoms in total. The summed E-state index contributed by atoms with van der Waals surface area (Å²) in [5, 5.41) is 2.87. The maximum absolute atomic E-state index is 13.2. The molecule has 1 aromatic rings. The Bertz CT molecular complexity index is 1020. The van der Waals surface area contributed by atoms with E-state index in [0.29, 0.717) is 30.4 Å². The summed E-state index contributed by atoms with van der Waals surface area (Å²) in [6, 6.07) is 2.09. The number of nitrogens with zero attached hydrogens (tertiary/aromatic N) is 1. The highest BCUT2D eigenvalue weighted by Gasteiger charge is 2.40. The Hall–Kier alpha value is -1.64. The Balaban J connectivity index is 1.27. The van der Waals surface area contributed by atoms with Gasteiger partial charge in [-0.3, -0.25) is 4.79 Å². The van der Waals surface area contributed by atoms with E-state index < -0.39 is 21.7 Å². The molecule has 4 fully saturated rings. The molecule has 1 heterocycles. The Morgan fingerprint density at radius 2 is 1.62 bits per heavy atom. The maximum atomic E-state index is 13.2. The van der Waals surface area contributed by atoms with Crippen LogP contribution in [0.3, 0.4) is 0 Å². The molecule has 0 radical (unpaired) electrons. The number of rotatable bonds is 9. The number of hydrogen-bond acceptors (Lipinski definition) is 4. The normalized spacial score (nSPS) is 26.8. The average Bonchev–Trinajstić information content (AvgIpc) is 3.62. The van der Waals surface area contributed by atoms with Crippen molar-refractivity contribution in [3.8, 4) is 0 Å². The smallest absolute Gasteiger partial charge is 0.349 e. The van der Waals surface area contributed by atoms with E-state index in [1.165, 1.54) is 6.07 Å². The predicted molar refractivity (Wildman–Crippen MR) is 122 cm³/mol. The molecule has 0 saturated heterocycles. The van der Waals surface area contributed by atoms with Gasteiger partial charge in [-0.1, -0.05) is 12.8 Å². The molecule has 4 aliphatic carbocycles. The summed E-state index contributed by atoms with van der Waals surface area (Å²) in [7, 11) is -3.06. The first-order valence-corrected chi connectivity index (χ1v) is 14.4. The predicted octanol–water partition coefficient (Wildman–Crippen LogP) is 5.26. The van der Waals surface area contributed by atoms with Gasteiger partial charge in [-0.05, 0) is 87.7 Å². The zero-order chi connectivity index (χ0) is 24.1. The number of halogens is 3. The number of amides is 1. The van der Waals surface area contributed by atoms with E-state index in [4.69, 9.17) is 0 Å². The minimum atomic E-state index is -4.54. The molecule has 9 heteroatoms. The zero-order valence-electron chi connectivity index (χ0n) is 19.3. The minimum Gasteiger partial charge on any atom is -0.349 e. The average molecular weight is 499 g/mol. The molecular weight excluding hydrogens is 465 g/mol.